The molecule has 3 rings (SSSR count). The summed E-state index contributed by atoms with van der Waals surface area (Å²) in [7, 11) is 0. The lowest BCUT2D eigenvalue weighted by molar-refractivity contribution is -0.142. The molecule has 30 heavy (non-hydrogen) atoms. The maximum Gasteiger partial charge on any atom is 0.433 e. The van der Waals surface area contributed by atoms with E-state index in [0.717, 1.165) is 17.2 Å². The Labute approximate surface area is 173 Å². The van der Waals surface area contributed by atoms with Crippen LogP contribution in [-0.4, -0.2) is 20.5 Å². The van der Waals surface area contributed by atoms with Crippen molar-refractivity contribution in [2.75, 3.05) is 0 Å². The fourth-order valence-corrected chi connectivity index (χ4v) is 3.12. The number of carbonyl (C=O) groups is 1. The second-order valence-electron chi connectivity index (χ2n) is 8.42. The van der Waals surface area contributed by atoms with Gasteiger partial charge in [0, 0.05) is 11.5 Å². The molecule has 0 bridgehead atoms. The number of benzene rings is 1. The van der Waals surface area contributed by atoms with Crippen molar-refractivity contribution in [3.8, 4) is 0 Å². The number of fused-ring (bicyclic) bond motifs is 1. The second-order valence-corrected chi connectivity index (χ2v) is 8.42. The van der Waals surface area contributed by atoms with Crippen LogP contribution < -0.4 is 5.32 Å². The molecule has 0 aliphatic rings. The number of nitrogens with one attached hydrogen (secondary N) is 1. The minimum atomic E-state index is -4.63. The standard InChI is InChI=1S/C22H25F3N4O/c1-6-15(14-9-7-13(2)8-10-14)26-20(30)16-11-19-27-17(21(3,4)5)12-18(22(23,24)25)29(19)28-16/h7-12,15H,6H2,1-5H3,(H,26,30). The molecule has 5 nitrogen and oxygen atoms in total. The highest BCUT2D eigenvalue weighted by Gasteiger charge is 2.36. The van der Waals surface area contributed by atoms with Gasteiger partial charge in [-0.15, -0.1) is 0 Å². The number of nitrogens with zero attached hydrogens (tertiary/aromatic N) is 3. The first kappa shape index (κ1) is 21.8. The number of hydrogen-bond donors (Lipinski definition) is 1. The molecule has 1 amide bonds. The topological polar surface area (TPSA) is 59.3 Å². The van der Waals surface area contributed by atoms with Crippen LogP contribution in [0.3, 0.4) is 0 Å². The number of alkyl halides is 3. The van der Waals surface area contributed by atoms with Gasteiger partial charge in [-0.2, -0.15) is 18.3 Å². The molecule has 0 aliphatic carbocycles. The lowest BCUT2D eigenvalue weighted by atomic mass is 9.91. The number of amides is 1. The zero-order chi connectivity index (χ0) is 22.3. The molecule has 1 aromatic carbocycles. The van der Waals surface area contributed by atoms with Gasteiger partial charge in [-0.1, -0.05) is 57.5 Å². The van der Waals surface area contributed by atoms with Crippen LogP contribution in [0.1, 0.15) is 73.2 Å². The third kappa shape index (κ3) is 4.47. The van der Waals surface area contributed by atoms with E-state index in [1.807, 2.05) is 38.1 Å². The van der Waals surface area contributed by atoms with Crippen LogP contribution in [-0.2, 0) is 11.6 Å². The number of aryl methyl sites for hydroxylation is 1. The van der Waals surface area contributed by atoms with Crippen LogP contribution >= 0.6 is 0 Å². The molecule has 2 aromatic heterocycles. The predicted molar refractivity (Wildman–Crippen MR) is 108 cm³/mol. The van der Waals surface area contributed by atoms with Gasteiger partial charge in [0.05, 0.1) is 11.7 Å². The molecule has 0 aliphatic heterocycles. The Bertz CT molecular complexity index is 1060. The Kier molecular flexibility index (Phi) is 5.62. The summed E-state index contributed by atoms with van der Waals surface area (Å²) in [6.45, 7) is 9.24. The van der Waals surface area contributed by atoms with E-state index in [1.165, 1.54) is 6.07 Å². The van der Waals surface area contributed by atoms with E-state index in [-0.39, 0.29) is 23.1 Å². The highest BCUT2D eigenvalue weighted by molar-refractivity contribution is 5.93. The minimum absolute atomic E-state index is 0.0108. The van der Waals surface area contributed by atoms with E-state index >= 15 is 0 Å². The van der Waals surface area contributed by atoms with Gasteiger partial charge in [0.15, 0.2) is 11.3 Å². The van der Waals surface area contributed by atoms with Crippen LogP contribution in [0.5, 0.6) is 0 Å². The number of aromatic nitrogens is 3. The summed E-state index contributed by atoms with van der Waals surface area (Å²) in [5.41, 5.74) is 0.632. The normalized spacial score (nSPS) is 13.5. The van der Waals surface area contributed by atoms with Crippen LogP contribution in [0.25, 0.3) is 5.65 Å². The Hall–Kier alpha value is -2.90. The smallest absolute Gasteiger partial charge is 0.344 e. The van der Waals surface area contributed by atoms with E-state index in [1.54, 1.807) is 20.8 Å². The van der Waals surface area contributed by atoms with Crippen molar-refractivity contribution in [3.05, 3.63) is 64.6 Å². The quantitative estimate of drug-likeness (QED) is 0.631. The molecule has 3 aromatic rings. The summed E-state index contributed by atoms with van der Waals surface area (Å²) >= 11 is 0. The molecule has 0 saturated heterocycles. The van der Waals surface area contributed by atoms with Gasteiger partial charge in [-0.25, -0.2) is 9.50 Å². The fraction of sp³-hybridized carbons (Fsp3) is 0.409. The summed E-state index contributed by atoms with van der Waals surface area (Å²) in [5, 5.41) is 6.78. The van der Waals surface area contributed by atoms with E-state index in [0.29, 0.717) is 10.9 Å². The number of rotatable bonds is 4. The summed E-state index contributed by atoms with van der Waals surface area (Å²) in [5.74, 6) is -0.543. The number of carbonyl (C=O) groups excluding carboxylic acids is 1. The van der Waals surface area contributed by atoms with Crippen LogP contribution in [0.15, 0.2) is 36.4 Å². The Morgan fingerprint density at radius 3 is 2.30 bits per heavy atom. The largest absolute Gasteiger partial charge is 0.433 e. The second kappa shape index (κ2) is 7.74. The van der Waals surface area contributed by atoms with Gasteiger partial charge in [-0.3, -0.25) is 4.79 Å². The molecule has 0 radical (unpaired) electrons. The molecule has 0 spiro atoms. The van der Waals surface area contributed by atoms with E-state index in [2.05, 4.69) is 15.4 Å². The molecule has 1 unspecified atom stereocenters. The maximum absolute atomic E-state index is 13.6. The molecule has 1 atom stereocenters. The zero-order valence-electron chi connectivity index (χ0n) is 17.6. The van der Waals surface area contributed by atoms with Gasteiger partial charge in [0.1, 0.15) is 5.69 Å². The van der Waals surface area contributed by atoms with Crippen LogP contribution in [0.4, 0.5) is 13.2 Å². The van der Waals surface area contributed by atoms with Crippen molar-refractivity contribution in [1.82, 2.24) is 19.9 Å². The molecule has 1 N–H and O–H groups in total. The predicted octanol–water partition coefficient (Wildman–Crippen LogP) is 5.24. The monoisotopic (exact) mass is 418 g/mol. The zero-order valence-corrected chi connectivity index (χ0v) is 17.6. The average Bonchev–Trinajstić information content (AvgIpc) is 3.08. The van der Waals surface area contributed by atoms with Crippen LogP contribution in [0, 0.1) is 6.92 Å². The summed E-state index contributed by atoms with van der Waals surface area (Å²) in [4.78, 5) is 17.1. The first-order chi connectivity index (χ1) is 13.9. The van der Waals surface area contributed by atoms with Crippen LogP contribution in [0.2, 0.25) is 0 Å². The summed E-state index contributed by atoms with van der Waals surface area (Å²) in [6.07, 6.45) is -4.00. The molecule has 0 saturated carbocycles. The van der Waals surface area contributed by atoms with Crippen molar-refractivity contribution < 1.29 is 18.0 Å². The van der Waals surface area contributed by atoms with E-state index in [4.69, 9.17) is 0 Å². The minimum Gasteiger partial charge on any atom is -0.344 e. The molecule has 0 fully saturated rings. The van der Waals surface area contributed by atoms with Gasteiger partial charge in [0.25, 0.3) is 5.91 Å². The molecular formula is C22H25F3N4O. The average molecular weight is 418 g/mol. The van der Waals surface area contributed by atoms with Crippen molar-refractivity contribution in [1.29, 1.82) is 0 Å². The summed E-state index contributed by atoms with van der Waals surface area (Å²) < 4.78 is 41.6. The van der Waals surface area contributed by atoms with Crippen molar-refractivity contribution in [2.24, 2.45) is 0 Å². The number of halogens is 3. The third-order valence-electron chi connectivity index (χ3n) is 4.91. The van der Waals surface area contributed by atoms with Crippen molar-refractivity contribution in [3.63, 3.8) is 0 Å². The maximum atomic E-state index is 13.6. The Balaban J connectivity index is 1.99. The highest BCUT2D eigenvalue weighted by atomic mass is 19.4. The van der Waals surface area contributed by atoms with E-state index < -0.39 is 23.2 Å². The first-order valence-electron chi connectivity index (χ1n) is 9.76. The van der Waals surface area contributed by atoms with Gasteiger partial charge >= 0.3 is 6.18 Å². The fourth-order valence-electron chi connectivity index (χ4n) is 3.12. The van der Waals surface area contributed by atoms with Gasteiger partial charge in [0.2, 0.25) is 0 Å². The Morgan fingerprint density at radius 1 is 1.13 bits per heavy atom. The van der Waals surface area contributed by atoms with Crippen molar-refractivity contribution >= 4 is 11.6 Å². The molecule has 2 heterocycles. The third-order valence-corrected chi connectivity index (χ3v) is 4.91. The lowest BCUT2D eigenvalue weighted by Gasteiger charge is -2.19. The first-order valence-corrected chi connectivity index (χ1v) is 9.76. The van der Waals surface area contributed by atoms with Gasteiger partial charge in [-0.05, 0) is 25.0 Å². The highest BCUT2D eigenvalue weighted by Crippen LogP contribution is 2.32. The number of hydrogen-bond acceptors (Lipinski definition) is 3. The van der Waals surface area contributed by atoms with Crippen molar-refractivity contribution in [2.45, 2.75) is 58.7 Å². The molecule has 8 heteroatoms. The SMILES string of the molecule is CCC(NC(=O)c1cc2nc(C(C)(C)C)cc(C(F)(F)F)n2n1)c1ccc(C)cc1. The lowest BCUT2D eigenvalue weighted by Crippen LogP contribution is -2.28. The van der Waals surface area contributed by atoms with E-state index in [9.17, 15) is 18.0 Å². The Morgan fingerprint density at radius 2 is 1.77 bits per heavy atom. The van der Waals surface area contributed by atoms with Gasteiger partial charge < -0.3 is 5.32 Å². The molecule has 160 valence electrons. The molecular weight excluding hydrogens is 393 g/mol. The summed E-state index contributed by atoms with van der Waals surface area (Å²) in [6, 6.07) is 9.75.